The van der Waals surface area contributed by atoms with Crippen LogP contribution in [0.5, 0.6) is 0 Å². The molecule has 1 aromatic carbocycles. The first-order valence-corrected chi connectivity index (χ1v) is 5.49. The van der Waals surface area contributed by atoms with Crippen molar-refractivity contribution in [2.45, 2.75) is 26.1 Å². The topological polar surface area (TPSA) is 95.6 Å². The average Bonchev–Trinajstić information content (AvgIpc) is 2.29. The van der Waals surface area contributed by atoms with Gasteiger partial charge in [0.05, 0.1) is 0 Å². The molecule has 0 radical (unpaired) electrons. The maximum atomic E-state index is 13.6. The van der Waals surface area contributed by atoms with Crippen LogP contribution in [0.2, 0.25) is 0 Å². The molecular formula is C12H17FN2O3. The maximum absolute atomic E-state index is 13.6. The van der Waals surface area contributed by atoms with E-state index < -0.39 is 18.0 Å². The lowest BCUT2D eigenvalue weighted by Crippen LogP contribution is -2.34. The Hall–Kier alpha value is -1.66. The number of aliphatic hydroxyl groups excluding tert-OH is 2. The van der Waals surface area contributed by atoms with Crippen molar-refractivity contribution in [2.75, 3.05) is 12.3 Å². The molecule has 0 spiro atoms. The van der Waals surface area contributed by atoms with Crippen LogP contribution in [0.1, 0.15) is 24.2 Å². The molecule has 1 aromatic rings. The van der Waals surface area contributed by atoms with Gasteiger partial charge in [0, 0.05) is 24.7 Å². The molecule has 5 N–H and O–H groups in total. The Morgan fingerprint density at radius 1 is 1.50 bits per heavy atom. The molecule has 0 fully saturated rings. The second-order valence-corrected chi connectivity index (χ2v) is 4.18. The van der Waals surface area contributed by atoms with E-state index in [-0.39, 0.29) is 18.0 Å². The highest BCUT2D eigenvalue weighted by molar-refractivity contribution is 5.72. The van der Waals surface area contributed by atoms with E-state index >= 15 is 0 Å². The van der Waals surface area contributed by atoms with Crippen LogP contribution in [0.25, 0.3) is 0 Å². The van der Waals surface area contributed by atoms with Crippen LogP contribution in [-0.2, 0) is 4.79 Å². The summed E-state index contributed by atoms with van der Waals surface area (Å²) in [6.45, 7) is 2.76. The number of carbonyl (C=O) groups excluding carboxylic acids is 1. The molecule has 2 unspecified atom stereocenters. The van der Waals surface area contributed by atoms with Gasteiger partial charge in [0.2, 0.25) is 5.91 Å². The van der Waals surface area contributed by atoms with Gasteiger partial charge in [0.25, 0.3) is 0 Å². The third-order valence-electron chi connectivity index (χ3n) is 2.63. The first-order valence-electron chi connectivity index (χ1n) is 5.49. The summed E-state index contributed by atoms with van der Waals surface area (Å²) in [6, 6.07) is 2.48. The highest BCUT2D eigenvalue weighted by Gasteiger charge is 2.22. The number of rotatable bonds is 4. The van der Waals surface area contributed by atoms with Gasteiger partial charge in [-0.15, -0.1) is 0 Å². The van der Waals surface area contributed by atoms with E-state index in [4.69, 9.17) is 5.73 Å². The molecule has 5 nitrogen and oxygen atoms in total. The zero-order valence-electron chi connectivity index (χ0n) is 10.3. The van der Waals surface area contributed by atoms with Gasteiger partial charge >= 0.3 is 0 Å². The van der Waals surface area contributed by atoms with Crippen LogP contribution in [0.15, 0.2) is 12.1 Å². The van der Waals surface area contributed by atoms with Gasteiger partial charge in [-0.2, -0.15) is 0 Å². The number of amides is 1. The van der Waals surface area contributed by atoms with E-state index in [1.807, 2.05) is 0 Å². The number of hydrogen-bond donors (Lipinski definition) is 4. The van der Waals surface area contributed by atoms with Crippen molar-refractivity contribution in [3.8, 4) is 0 Å². The Morgan fingerprint density at radius 2 is 2.11 bits per heavy atom. The van der Waals surface area contributed by atoms with E-state index in [9.17, 15) is 19.4 Å². The minimum Gasteiger partial charge on any atom is -0.399 e. The number of aliphatic hydroxyl groups is 2. The fraction of sp³-hybridized carbons (Fsp3) is 0.417. The SMILES string of the molecule is CC(=O)NCC(O)C(O)c1cc(N)c(C)cc1F. The minimum absolute atomic E-state index is 0.0871. The lowest BCUT2D eigenvalue weighted by atomic mass is 10.0. The Labute approximate surface area is 104 Å². The number of benzene rings is 1. The number of nitrogen functional groups attached to an aromatic ring is 1. The van der Waals surface area contributed by atoms with E-state index in [1.165, 1.54) is 19.1 Å². The molecule has 1 rings (SSSR count). The van der Waals surface area contributed by atoms with Gasteiger partial charge < -0.3 is 21.3 Å². The van der Waals surface area contributed by atoms with Crippen LogP contribution in [0.4, 0.5) is 10.1 Å². The summed E-state index contributed by atoms with van der Waals surface area (Å²) in [5.74, 6) is -0.985. The average molecular weight is 256 g/mol. The lowest BCUT2D eigenvalue weighted by molar-refractivity contribution is -0.119. The molecule has 100 valence electrons. The van der Waals surface area contributed by atoms with Crippen LogP contribution in [-0.4, -0.2) is 28.8 Å². The van der Waals surface area contributed by atoms with E-state index in [0.717, 1.165) is 0 Å². The maximum Gasteiger partial charge on any atom is 0.216 e. The molecule has 0 aromatic heterocycles. The zero-order chi connectivity index (χ0) is 13.9. The van der Waals surface area contributed by atoms with E-state index in [1.54, 1.807) is 6.92 Å². The molecule has 0 heterocycles. The Bertz CT molecular complexity index is 451. The summed E-state index contributed by atoms with van der Waals surface area (Å²) < 4.78 is 13.6. The van der Waals surface area contributed by atoms with Crippen molar-refractivity contribution in [3.63, 3.8) is 0 Å². The number of hydrogen-bond acceptors (Lipinski definition) is 4. The molecule has 2 atom stereocenters. The predicted molar refractivity (Wildman–Crippen MR) is 65.2 cm³/mol. The van der Waals surface area contributed by atoms with E-state index in [0.29, 0.717) is 11.3 Å². The molecule has 18 heavy (non-hydrogen) atoms. The van der Waals surface area contributed by atoms with Gasteiger partial charge in [-0.3, -0.25) is 4.79 Å². The summed E-state index contributed by atoms with van der Waals surface area (Å²) in [6.07, 6.45) is -2.75. The zero-order valence-corrected chi connectivity index (χ0v) is 10.3. The second kappa shape index (κ2) is 5.79. The summed E-state index contributed by atoms with van der Waals surface area (Å²) in [4.78, 5) is 10.7. The molecule has 0 aliphatic rings. The van der Waals surface area contributed by atoms with Gasteiger partial charge in [-0.25, -0.2) is 4.39 Å². The molecule has 1 amide bonds. The minimum atomic E-state index is -1.44. The van der Waals surface area contributed by atoms with Crippen molar-refractivity contribution in [3.05, 3.63) is 29.1 Å². The first-order chi connectivity index (χ1) is 8.32. The molecule has 6 heteroatoms. The molecule has 0 saturated carbocycles. The second-order valence-electron chi connectivity index (χ2n) is 4.18. The van der Waals surface area contributed by atoms with Crippen LogP contribution in [0, 0.1) is 12.7 Å². The van der Waals surface area contributed by atoms with Crippen LogP contribution >= 0.6 is 0 Å². The van der Waals surface area contributed by atoms with Crippen molar-refractivity contribution in [1.29, 1.82) is 0 Å². The first kappa shape index (κ1) is 14.4. The fourth-order valence-electron chi connectivity index (χ4n) is 1.50. The highest BCUT2D eigenvalue weighted by Crippen LogP contribution is 2.24. The van der Waals surface area contributed by atoms with E-state index in [2.05, 4.69) is 5.32 Å². The molecule has 0 aliphatic carbocycles. The van der Waals surface area contributed by atoms with Crippen molar-refractivity contribution in [2.24, 2.45) is 0 Å². The number of nitrogens with one attached hydrogen (secondary N) is 1. The largest absolute Gasteiger partial charge is 0.399 e. The van der Waals surface area contributed by atoms with Gasteiger partial charge in [-0.05, 0) is 24.6 Å². The monoisotopic (exact) mass is 256 g/mol. The summed E-state index contributed by atoms with van der Waals surface area (Å²) >= 11 is 0. The highest BCUT2D eigenvalue weighted by atomic mass is 19.1. The number of anilines is 1. The molecule has 0 aliphatic heterocycles. The molecular weight excluding hydrogens is 239 g/mol. The Balaban J connectivity index is 2.86. The van der Waals surface area contributed by atoms with Gasteiger partial charge in [-0.1, -0.05) is 0 Å². The van der Waals surface area contributed by atoms with Crippen LogP contribution < -0.4 is 11.1 Å². The third-order valence-corrected chi connectivity index (χ3v) is 2.63. The molecule has 0 saturated heterocycles. The number of nitrogens with two attached hydrogens (primary N) is 1. The number of aryl methyl sites for hydroxylation is 1. The Morgan fingerprint density at radius 3 is 2.67 bits per heavy atom. The fourth-order valence-corrected chi connectivity index (χ4v) is 1.50. The normalized spacial score (nSPS) is 14.1. The van der Waals surface area contributed by atoms with Crippen molar-refractivity contribution in [1.82, 2.24) is 5.32 Å². The van der Waals surface area contributed by atoms with Crippen molar-refractivity contribution >= 4 is 11.6 Å². The smallest absolute Gasteiger partial charge is 0.216 e. The summed E-state index contributed by atoms with van der Waals surface area (Å²) in [7, 11) is 0. The predicted octanol–water partition coefficient (Wildman–Crippen LogP) is 0.247. The summed E-state index contributed by atoms with van der Waals surface area (Å²) in [5, 5.41) is 21.8. The van der Waals surface area contributed by atoms with Crippen LogP contribution in [0.3, 0.4) is 0 Å². The summed E-state index contributed by atoms with van der Waals surface area (Å²) in [5.41, 5.74) is 6.42. The lowest BCUT2D eigenvalue weighted by Gasteiger charge is -2.19. The van der Waals surface area contributed by atoms with Crippen molar-refractivity contribution < 1.29 is 19.4 Å². The molecule has 0 bridgehead atoms. The Kier molecular flexibility index (Phi) is 4.63. The number of halogens is 1. The quantitative estimate of drug-likeness (QED) is 0.581. The van der Waals surface area contributed by atoms with Gasteiger partial charge in [0.15, 0.2) is 0 Å². The standard InChI is InChI=1S/C12H17FN2O3/c1-6-3-9(13)8(4-10(6)14)12(18)11(17)5-15-7(2)16/h3-4,11-12,17-18H,5,14H2,1-2H3,(H,15,16). The number of carbonyl (C=O) groups is 1. The third kappa shape index (κ3) is 3.41. The van der Waals surface area contributed by atoms with Gasteiger partial charge in [0.1, 0.15) is 18.0 Å².